The van der Waals surface area contributed by atoms with E-state index in [0.29, 0.717) is 0 Å². The van der Waals surface area contributed by atoms with E-state index in [2.05, 4.69) is 0 Å². The van der Waals surface area contributed by atoms with Gasteiger partial charge in [0.2, 0.25) is 0 Å². The predicted molar refractivity (Wildman–Crippen MR) is 71.2 cm³/mol. The summed E-state index contributed by atoms with van der Waals surface area (Å²) in [4.78, 5) is 0. The van der Waals surface area contributed by atoms with Crippen LogP contribution in [0.4, 0.5) is 0 Å². The first kappa shape index (κ1) is 12.9. The van der Waals surface area contributed by atoms with Gasteiger partial charge in [0.1, 0.15) is 30.2 Å². The third kappa shape index (κ3) is 1.24. The average Bonchev–Trinajstić information content (AvgIpc) is 2.66. The molecule has 3 aliphatic rings. The fourth-order valence-corrected chi connectivity index (χ4v) is 4.99. The Labute approximate surface area is 127 Å². The number of quaternary nitrogens is 1. The van der Waals surface area contributed by atoms with Crippen LogP contribution in [-0.2, 0) is 0 Å². The molecule has 3 rings (SSSR count). The number of hydrogen-bond donors (Lipinski definition) is 0. The molecule has 0 N–H and O–H groups in total. The lowest BCUT2D eigenvalue weighted by atomic mass is 10.3. The van der Waals surface area contributed by atoms with Crippen LogP contribution in [0.1, 0.15) is 0 Å². The molecule has 0 amide bonds. The first-order chi connectivity index (χ1) is 7.83. The molecule has 0 saturated carbocycles. The highest BCUT2D eigenvalue weighted by molar-refractivity contribution is 6.48. The molecule has 0 aliphatic carbocycles. The van der Waals surface area contributed by atoms with E-state index in [1.807, 2.05) is 0 Å². The van der Waals surface area contributed by atoms with Crippen LogP contribution in [0.25, 0.3) is 0 Å². The number of hydrogen-bond acceptors (Lipinski definition) is 1. The lowest BCUT2D eigenvalue weighted by Crippen LogP contribution is -2.52. The molecule has 0 unspecified atom stereocenters. The van der Waals surface area contributed by atoms with Crippen LogP contribution in [0.15, 0.2) is 30.2 Å². The molecule has 0 aromatic heterocycles. The van der Waals surface area contributed by atoms with Gasteiger partial charge in [0, 0.05) is 0 Å². The summed E-state index contributed by atoms with van der Waals surface area (Å²) >= 11 is 36.3. The van der Waals surface area contributed by atoms with E-state index >= 15 is 0 Å². The molecular weight excluding hydrogens is 351 g/mol. The molecule has 0 saturated heterocycles. The normalized spacial score (nSPS) is 44.3. The molecule has 8 heteroatoms. The summed E-state index contributed by atoms with van der Waals surface area (Å²) in [5.41, 5.74) is 0. The maximum absolute atomic E-state index is 13.0. The van der Waals surface area contributed by atoms with Crippen molar-refractivity contribution in [2.24, 2.45) is 0 Å². The van der Waals surface area contributed by atoms with E-state index in [4.69, 9.17) is 69.6 Å². The molecule has 3 heterocycles. The fourth-order valence-electron chi connectivity index (χ4n) is 2.63. The third-order valence-electron chi connectivity index (χ3n) is 3.34. The lowest BCUT2D eigenvalue weighted by molar-refractivity contribution is -0.901. The second kappa shape index (κ2) is 3.71. The second-order valence-corrected chi connectivity index (χ2v) is 6.50. The van der Waals surface area contributed by atoms with Gasteiger partial charge < -0.3 is 9.85 Å². The van der Waals surface area contributed by atoms with Gasteiger partial charge >= 0.3 is 0 Å². The Bertz CT molecular complexity index is 426. The summed E-state index contributed by atoms with van der Waals surface area (Å²) in [6.45, 7) is 0. The molecule has 0 radical (unpaired) electrons. The summed E-state index contributed by atoms with van der Waals surface area (Å²) in [6.07, 6.45) is 0. The van der Waals surface area contributed by atoms with Gasteiger partial charge in [-0.1, -0.05) is 69.6 Å². The molecule has 2 nitrogen and oxygen atoms in total. The molecule has 17 heavy (non-hydrogen) atoms. The van der Waals surface area contributed by atoms with E-state index in [1.54, 1.807) is 0 Å². The van der Waals surface area contributed by atoms with E-state index in [1.165, 1.54) is 0 Å². The highest BCUT2D eigenvalue weighted by Crippen LogP contribution is 2.62. The molecule has 0 aromatic rings. The molecule has 0 aromatic carbocycles. The largest absolute Gasteiger partial charge is 0.631 e. The molecular formula is C9H3Cl6NO. The molecule has 92 valence electrons. The Hall–Kier alpha value is 0.880. The summed E-state index contributed by atoms with van der Waals surface area (Å²) in [7, 11) is 0. The van der Waals surface area contributed by atoms with Crippen LogP contribution in [0.2, 0.25) is 0 Å². The van der Waals surface area contributed by atoms with Gasteiger partial charge in [-0.15, -0.1) is 0 Å². The highest BCUT2D eigenvalue weighted by Gasteiger charge is 2.66. The fraction of sp³-hybridized carbons (Fsp3) is 0.333. The average molecular weight is 354 g/mol. The summed E-state index contributed by atoms with van der Waals surface area (Å²) in [5.74, 6) is 0. The van der Waals surface area contributed by atoms with Gasteiger partial charge in [0.25, 0.3) is 0 Å². The van der Waals surface area contributed by atoms with Crippen LogP contribution in [-0.4, -0.2) is 22.8 Å². The van der Waals surface area contributed by atoms with E-state index in [9.17, 15) is 5.21 Å². The van der Waals surface area contributed by atoms with E-state index in [0.717, 1.165) is 0 Å². The minimum atomic E-state index is -0.840. The van der Waals surface area contributed by atoms with Gasteiger partial charge in [0.15, 0.2) is 18.1 Å². The van der Waals surface area contributed by atoms with Gasteiger partial charge in [-0.25, -0.2) is 0 Å². The standard InChI is InChI=1S/C9H3Cl6NO/c10-1-2(11)8-5(14)6(15)9-4(13)3(12)7(1)16(8,9)17/h7-9H. The van der Waals surface area contributed by atoms with Crippen molar-refractivity contribution in [3.63, 3.8) is 0 Å². The van der Waals surface area contributed by atoms with Crippen LogP contribution < -0.4 is 0 Å². The number of nitrogens with zero attached hydrogens (tertiary/aromatic N) is 1. The minimum Gasteiger partial charge on any atom is -0.631 e. The SMILES string of the molecule is [O-][N+]12C3C(Cl)=C(Cl)C1C(Cl)=C(Cl)C2C(Cl)=C3Cl. The highest BCUT2D eigenvalue weighted by atomic mass is 35.5. The Morgan fingerprint density at radius 3 is 0.941 bits per heavy atom. The van der Waals surface area contributed by atoms with Crippen molar-refractivity contribution in [1.29, 1.82) is 0 Å². The van der Waals surface area contributed by atoms with E-state index < -0.39 is 22.8 Å². The van der Waals surface area contributed by atoms with Crippen LogP contribution in [0.3, 0.4) is 0 Å². The van der Waals surface area contributed by atoms with Crippen molar-refractivity contribution < 1.29 is 4.65 Å². The maximum Gasteiger partial charge on any atom is 0.166 e. The van der Waals surface area contributed by atoms with Crippen molar-refractivity contribution in [3.8, 4) is 0 Å². The van der Waals surface area contributed by atoms with Crippen LogP contribution in [0, 0.1) is 5.21 Å². The monoisotopic (exact) mass is 351 g/mol. The van der Waals surface area contributed by atoms with Gasteiger partial charge in [-0.2, -0.15) is 0 Å². The Balaban J connectivity index is 2.34. The summed E-state index contributed by atoms with van der Waals surface area (Å²) in [6, 6.07) is -2.42. The van der Waals surface area contributed by atoms with Gasteiger partial charge in [0.05, 0.1) is 0 Å². The molecule has 0 atom stereocenters. The molecule has 0 spiro atoms. The first-order valence-corrected chi connectivity index (χ1v) is 6.84. The van der Waals surface area contributed by atoms with Gasteiger partial charge in [-0.05, 0) is 0 Å². The number of halogens is 6. The van der Waals surface area contributed by atoms with Crippen LogP contribution in [0.5, 0.6) is 0 Å². The zero-order valence-corrected chi connectivity index (χ0v) is 12.4. The Kier molecular flexibility index (Phi) is 2.81. The number of rotatable bonds is 0. The lowest BCUT2D eigenvalue weighted by Gasteiger charge is -2.45. The predicted octanol–water partition coefficient (Wildman–Crippen LogP) is 4.52. The maximum atomic E-state index is 13.0. The quantitative estimate of drug-likeness (QED) is 0.464. The van der Waals surface area contributed by atoms with Crippen LogP contribution >= 0.6 is 69.6 Å². The Morgan fingerprint density at radius 1 is 0.588 bits per heavy atom. The number of hydroxylamine groups is 3. The first-order valence-electron chi connectivity index (χ1n) is 4.57. The molecule has 3 aliphatic heterocycles. The summed E-state index contributed by atoms with van der Waals surface area (Å²) in [5, 5.41) is 14.1. The topological polar surface area (TPSA) is 23.1 Å². The zero-order chi connectivity index (χ0) is 12.7. The van der Waals surface area contributed by atoms with Crippen molar-refractivity contribution in [2.45, 2.75) is 18.1 Å². The second-order valence-electron chi connectivity index (χ2n) is 4.06. The van der Waals surface area contributed by atoms with Crippen molar-refractivity contribution in [3.05, 3.63) is 35.4 Å². The Morgan fingerprint density at radius 2 is 0.765 bits per heavy atom. The van der Waals surface area contributed by atoms with Crippen molar-refractivity contribution in [1.82, 2.24) is 0 Å². The third-order valence-corrected chi connectivity index (χ3v) is 6.09. The van der Waals surface area contributed by atoms with Gasteiger partial charge in [-0.3, -0.25) is 0 Å². The van der Waals surface area contributed by atoms with Crippen molar-refractivity contribution in [2.75, 3.05) is 0 Å². The molecule has 0 fully saturated rings. The smallest absolute Gasteiger partial charge is 0.166 e. The zero-order valence-electron chi connectivity index (χ0n) is 7.86. The minimum absolute atomic E-state index is 0.194. The molecule has 0 bridgehead atoms. The summed E-state index contributed by atoms with van der Waals surface area (Å²) < 4.78 is -0.840. The van der Waals surface area contributed by atoms with E-state index in [-0.39, 0.29) is 30.2 Å². The van der Waals surface area contributed by atoms with Crippen molar-refractivity contribution >= 4 is 69.6 Å².